The zero-order chi connectivity index (χ0) is 60.3. The van der Waals surface area contributed by atoms with E-state index in [4.69, 9.17) is 4.74 Å². The number of rotatable bonds is 8. The third-order valence-electron chi connectivity index (χ3n) is 17.8. The minimum atomic E-state index is -4.72. The quantitative estimate of drug-likeness (QED) is 0.0625. The maximum absolute atomic E-state index is 14.6. The van der Waals surface area contributed by atoms with Crippen LogP contribution in [-0.2, 0) is 17.1 Å². The third kappa shape index (κ3) is 6.84. The Morgan fingerprint density at radius 2 is 0.552 bits per heavy atom. The highest BCUT2D eigenvalue weighted by Crippen LogP contribution is 2.50. The Morgan fingerprint density at radius 3 is 0.782 bits per heavy atom. The molecule has 0 radical (unpaired) electrons. The molecule has 0 fully saturated rings. The van der Waals surface area contributed by atoms with E-state index in [0.29, 0.717) is 86.2 Å². The third-order valence-corrected chi connectivity index (χ3v) is 17.8. The summed E-state index contributed by atoms with van der Waals surface area (Å²) >= 11 is 0. The van der Waals surface area contributed by atoms with Crippen LogP contribution in [-0.4, -0.2) is 82.4 Å². The van der Waals surface area contributed by atoms with Crippen molar-refractivity contribution in [1.82, 2.24) is 9.80 Å². The van der Waals surface area contributed by atoms with Gasteiger partial charge in [-0.15, -0.1) is 0 Å². The van der Waals surface area contributed by atoms with Gasteiger partial charge in [0.2, 0.25) is 0 Å². The highest BCUT2D eigenvalue weighted by atomic mass is 19.4. The molecule has 0 aliphatic carbocycles. The smallest absolute Gasteiger partial charge is 0.377 e. The van der Waals surface area contributed by atoms with Gasteiger partial charge in [0.15, 0.2) is 0 Å². The van der Waals surface area contributed by atoms with Crippen molar-refractivity contribution in [3.63, 3.8) is 0 Å². The van der Waals surface area contributed by atoms with Gasteiger partial charge in [-0.25, -0.2) is 9.80 Å². The van der Waals surface area contributed by atoms with Crippen LogP contribution in [0.1, 0.15) is 108 Å². The molecule has 12 aromatic rings. The van der Waals surface area contributed by atoms with E-state index in [1.165, 1.54) is 36.4 Å². The Balaban J connectivity index is 0.665. The zero-order valence-electron chi connectivity index (χ0n) is 45.2. The molecule has 4 aliphatic rings. The molecule has 4 aliphatic heterocycles. The van der Waals surface area contributed by atoms with E-state index in [-0.39, 0.29) is 69.1 Å². The van der Waals surface area contributed by atoms with Crippen molar-refractivity contribution in [2.24, 2.45) is 0 Å². The first-order valence-corrected chi connectivity index (χ1v) is 27.5. The lowest BCUT2D eigenvalue weighted by Gasteiger charge is -2.34. The van der Waals surface area contributed by atoms with Crippen LogP contribution in [0.5, 0.6) is 0 Å². The number of nitrogens with zero attached hydrogens (tertiary/aromatic N) is 4. The van der Waals surface area contributed by atoms with E-state index >= 15 is 0 Å². The normalized spacial score (nSPS) is 16.2. The lowest BCUT2D eigenvalue weighted by atomic mass is 9.82. The number of benzene rings is 12. The lowest BCUT2D eigenvalue weighted by Crippen LogP contribution is -2.49. The maximum Gasteiger partial charge on any atom is 0.416 e. The molecule has 0 spiro atoms. The van der Waals surface area contributed by atoms with Gasteiger partial charge in [-0.3, -0.25) is 48.2 Å². The molecule has 8 amide bonds. The number of halogens is 6. The van der Waals surface area contributed by atoms with Crippen molar-refractivity contribution in [3.8, 4) is 0 Å². The second kappa shape index (κ2) is 17.5. The highest BCUT2D eigenvalue weighted by molar-refractivity contribution is 6.46. The van der Waals surface area contributed by atoms with Crippen molar-refractivity contribution in [2.45, 2.75) is 38.3 Å². The fourth-order valence-electron chi connectivity index (χ4n) is 14.0. The second-order valence-electron chi connectivity index (χ2n) is 22.5. The molecule has 19 heteroatoms. The summed E-state index contributed by atoms with van der Waals surface area (Å²) in [6, 6.07) is 32.7. The molecule has 0 saturated heterocycles. The summed E-state index contributed by atoms with van der Waals surface area (Å²) < 4.78 is 88.6. The largest absolute Gasteiger partial charge is 0.416 e. The monoisotopic (exact) mass is 1170 g/mol. The van der Waals surface area contributed by atoms with Crippen LogP contribution < -0.4 is 9.80 Å². The van der Waals surface area contributed by atoms with Crippen LogP contribution in [0.4, 0.5) is 37.7 Å². The summed E-state index contributed by atoms with van der Waals surface area (Å²) in [7, 11) is 0. The maximum atomic E-state index is 14.6. The van der Waals surface area contributed by atoms with Crippen molar-refractivity contribution in [2.75, 3.05) is 23.0 Å². The molecule has 0 bridgehead atoms. The standard InChI is InChI=1S/C68H36F6N4O9/c1-29(75-59(79)43-17-9-35-39-13-21-47-57-48(64(84)77(63(47)83)33-7-3-5-31(25-33)67(69,70)71)22-14-40(53(39)57)36-10-18-44(60(75)80)55(43)51(35)36)27-87-28-30(2)76-61(81)45-19-11-37-41-15-23-49-58-50(66(86)78(65(49)85)34-8-4-6-32(26-34)68(72,73)74)24-16-42(54(41)58)38-12-20-46(62(76)82)56(45)52(37)38/h3-26,29-30H,27-28H2,1-2H3. The number of ether oxygens (including phenoxy) is 1. The molecule has 424 valence electrons. The molecule has 87 heavy (non-hydrogen) atoms. The van der Waals surface area contributed by atoms with Gasteiger partial charge in [-0.2, -0.15) is 26.3 Å². The lowest BCUT2D eigenvalue weighted by molar-refractivity contribution is -0.138. The molecule has 0 aromatic heterocycles. The molecule has 4 heterocycles. The molecular weight excluding hydrogens is 1130 g/mol. The number of amides is 8. The average Bonchev–Trinajstić information content (AvgIpc) is 0.707. The summed E-state index contributed by atoms with van der Waals surface area (Å²) in [5.74, 6) is -5.55. The molecule has 13 nitrogen and oxygen atoms in total. The second-order valence-corrected chi connectivity index (χ2v) is 22.5. The number of alkyl halides is 6. The number of carbonyl (C=O) groups is 8. The van der Waals surface area contributed by atoms with Crippen LogP contribution in [0, 0.1) is 0 Å². The van der Waals surface area contributed by atoms with E-state index < -0.39 is 82.8 Å². The molecule has 2 atom stereocenters. The predicted octanol–water partition coefficient (Wildman–Crippen LogP) is 14.1. The summed E-state index contributed by atoms with van der Waals surface area (Å²) in [6.45, 7) is 2.94. The number of hydrogen-bond donors (Lipinski definition) is 0. The Bertz CT molecular complexity index is 4760. The van der Waals surface area contributed by atoms with Crippen molar-refractivity contribution in [3.05, 3.63) is 201 Å². The molecule has 0 saturated carbocycles. The molecule has 16 rings (SSSR count). The van der Waals surface area contributed by atoms with Crippen molar-refractivity contribution in [1.29, 1.82) is 0 Å². The van der Waals surface area contributed by atoms with Crippen LogP contribution in [0.25, 0.3) is 86.2 Å². The van der Waals surface area contributed by atoms with E-state index in [0.717, 1.165) is 56.0 Å². The minimum absolute atomic E-state index is 0.113. The van der Waals surface area contributed by atoms with Gasteiger partial charge < -0.3 is 4.74 Å². The fourth-order valence-corrected chi connectivity index (χ4v) is 14.0. The summed E-state index contributed by atoms with van der Waals surface area (Å²) in [6.07, 6.45) is -9.44. The fraction of sp³-hybridized carbons (Fsp3) is 0.118. The first-order chi connectivity index (χ1) is 41.6. The number of carbonyl (C=O) groups excluding carboxylic acids is 8. The first kappa shape index (κ1) is 51.9. The van der Waals surface area contributed by atoms with Gasteiger partial charge >= 0.3 is 12.4 Å². The Kier molecular flexibility index (Phi) is 10.4. The molecule has 2 unspecified atom stereocenters. The topological polar surface area (TPSA) is 159 Å². The van der Waals surface area contributed by atoms with Gasteiger partial charge in [-0.1, -0.05) is 60.7 Å². The summed E-state index contributed by atoms with van der Waals surface area (Å²) in [5, 5.41) is 8.80. The SMILES string of the molecule is CC(COCC(C)N1C(=O)c2ccc3c4ccc5c6c(ccc(c7ccc(c2c37)C1=O)c64)C(=O)N(c1cccc(C(F)(F)F)c1)C5=O)N1C(=O)c2ccc3c4ccc5c6c(ccc(c7ccc(c2c37)C1=O)c64)C(=O)N(c1cccc(C(F)(F)F)c1)C5=O. The molecular formula is C68H36F6N4O9. The Labute approximate surface area is 484 Å². The number of hydrogen-bond acceptors (Lipinski definition) is 9. The number of anilines is 2. The molecule has 0 N–H and O–H groups in total. The van der Waals surface area contributed by atoms with Crippen LogP contribution in [0.15, 0.2) is 146 Å². The number of fused-ring (bicyclic) bond motifs is 4. The van der Waals surface area contributed by atoms with Gasteiger partial charge in [0, 0.05) is 66.1 Å². The van der Waals surface area contributed by atoms with E-state index in [2.05, 4.69) is 0 Å². The number of imide groups is 4. The first-order valence-electron chi connectivity index (χ1n) is 27.5. The average molecular weight is 1170 g/mol. The Hall–Kier alpha value is -10.7. The Morgan fingerprint density at radius 1 is 0.322 bits per heavy atom. The van der Waals surface area contributed by atoms with Gasteiger partial charge in [0.25, 0.3) is 47.3 Å². The van der Waals surface area contributed by atoms with Gasteiger partial charge in [-0.05, 0) is 163 Å². The van der Waals surface area contributed by atoms with Gasteiger partial charge in [0.05, 0.1) is 47.8 Å². The van der Waals surface area contributed by atoms with E-state index in [1.807, 2.05) is 0 Å². The molecule has 12 aromatic carbocycles. The zero-order valence-corrected chi connectivity index (χ0v) is 45.2. The van der Waals surface area contributed by atoms with Crippen molar-refractivity contribution < 1.29 is 69.4 Å². The minimum Gasteiger partial charge on any atom is -0.377 e. The summed E-state index contributed by atoms with van der Waals surface area (Å²) in [5.41, 5.74) is -1.09. The van der Waals surface area contributed by atoms with Gasteiger partial charge in [0.1, 0.15) is 0 Å². The van der Waals surface area contributed by atoms with E-state index in [1.54, 1.807) is 86.6 Å². The van der Waals surface area contributed by atoms with Crippen LogP contribution >= 0.6 is 0 Å². The van der Waals surface area contributed by atoms with Crippen molar-refractivity contribution >= 4 is 145 Å². The highest BCUT2D eigenvalue weighted by Gasteiger charge is 2.43. The predicted molar refractivity (Wildman–Crippen MR) is 311 cm³/mol. The van der Waals surface area contributed by atoms with Crippen LogP contribution in [0.2, 0.25) is 0 Å². The van der Waals surface area contributed by atoms with Crippen LogP contribution in [0.3, 0.4) is 0 Å². The summed E-state index contributed by atoms with van der Waals surface area (Å²) in [4.78, 5) is 119. The van der Waals surface area contributed by atoms with E-state index in [9.17, 15) is 64.7 Å².